The van der Waals surface area contributed by atoms with Crippen LogP contribution < -0.4 is 10.1 Å². The van der Waals surface area contributed by atoms with Crippen LogP contribution in [0.2, 0.25) is 0 Å². The number of fused-ring (bicyclic) bond motifs is 2. The Kier molecular flexibility index (Phi) is 7.29. The Morgan fingerprint density at radius 3 is 2.32 bits per heavy atom. The van der Waals surface area contributed by atoms with Crippen molar-refractivity contribution in [2.45, 2.75) is 13.2 Å². The molecule has 5 aromatic carbocycles. The van der Waals surface area contributed by atoms with Gasteiger partial charge in [-0.1, -0.05) is 91.0 Å². The second-order valence-electron chi connectivity index (χ2n) is 9.79. The molecular weight excluding hydrogens is 506 g/mol. The van der Waals surface area contributed by atoms with Crippen LogP contribution in [0.3, 0.4) is 0 Å². The molecule has 6 rings (SSSR count). The van der Waals surface area contributed by atoms with Crippen molar-refractivity contribution in [1.29, 1.82) is 5.26 Å². The zero-order valence-electron chi connectivity index (χ0n) is 22.3. The normalized spacial score (nSPS) is 11.3. The van der Waals surface area contributed by atoms with Crippen LogP contribution in [0, 0.1) is 11.3 Å². The molecule has 0 saturated heterocycles. The van der Waals surface area contributed by atoms with Gasteiger partial charge in [-0.25, -0.2) is 0 Å². The molecular formula is C36H27N3O2. The van der Waals surface area contributed by atoms with Gasteiger partial charge in [0.1, 0.15) is 24.0 Å². The predicted molar refractivity (Wildman–Crippen MR) is 164 cm³/mol. The lowest BCUT2D eigenvalue weighted by Crippen LogP contribution is -2.13. The largest absolute Gasteiger partial charge is 0.489 e. The van der Waals surface area contributed by atoms with E-state index in [-0.39, 0.29) is 5.57 Å². The van der Waals surface area contributed by atoms with Gasteiger partial charge in [-0.3, -0.25) is 4.79 Å². The van der Waals surface area contributed by atoms with Gasteiger partial charge in [0.05, 0.1) is 0 Å². The topological polar surface area (TPSA) is 67.0 Å². The van der Waals surface area contributed by atoms with Crippen LogP contribution in [0.4, 0.5) is 5.69 Å². The number of ether oxygens (including phenoxy) is 1. The molecule has 0 spiro atoms. The Bertz CT molecular complexity index is 1910. The molecule has 0 aliphatic heterocycles. The van der Waals surface area contributed by atoms with Gasteiger partial charge >= 0.3 is 0 Å². The van der Waals surface area contributed by atoms with Gasteiger partial charge in [-0.15, -0.1) is 0 Å². The van der Waals surface area contributed by atoms with E-state index < -0.39 is 5.91 Å². The fourth-order valence-electron chi connectivity index (χ4n) is 5.01. The molecule has 0 saturated carbocycles. The van der Waals surface area contributed by atoms with Crippen LogP contribution >= 0.6 is 0 Å². The van der Waals surface area contributed by atoms with Crippen LogP contribution in [0.5, 0.6) is 5.75 Å². The van der Waals surface area contributed by atoms with E-state index in [9.17, 15) is 10.1 Å². The number of para-hydroxylation sites is 1. The van der Waals surface area contributed by atoms with Crippen molar-refractivity contribution in [3.05, 3.63) is 150 Å². The number of rotatable bonds is 8. The summed E-state index contributed by atoms with van der Waals surface area (Å²) in [6.45, 7) is 1.13. The molecule has 5 nitrogen and oxygen atoms in total. The lowest BCUT2D eigenvalue weighted by atomic mass is 10.0. The van der Waals surface area contributed by atoms with Gasteiger partial charge in [-0.05, 0) is 58.3 Å². The summed E-state index contributed by atoms with van der Waals surface area (Å²) >= 11 is 0. The number of nitrogens with one attached hydrogen (secondary N) is 1. The van der Waals surface area contributed by atoms with E-state index in [4.69, 9.17) is 4.74 Å². The van der Waals surface area contributed by atoms with Crippen LogP contribution in [-0.2, 0) is 17.9 Å². The highest BCUT2D eigenvalue weighted by Crippen LogP contribution is 2.27. The molecule has 0 radical (unpaired) electrons. The fraction of sp³-hybridized carbons (Fsp3) is 0.0556. The van der Waals surface area contributed by atoms with Gasteiger partial charge in [-0.2, -0.15) is 5.26 Å². The molecule has 0 unspecified atom stereocenters. The number of carbonyl (C=O) groups is 1. The van der Waals surface area contributed by atoms with Crippen molar-refractivity contribution in [3.63, 3.8) is 0 Å². The standard InChI is InChI=1S/C36H27N3O2/c37-22-29(36(40)38-31-17-19-32(20-18-31)41-25-26-9-2-1-3-10-26)21-30-24-39(35-16-7-6-15-34(30)35)23-28-13-8-12-27-11-4-5-14-33(27)28/h1-21,24H,23,25H2,(H,38,40)/b29-21+. The van der Waals surface area contributed by atoms with Crippen molar-refractivity contribution in [2.75, 3.05) is 5.32 Å². The predicted octanol–water partition coefficient (Wildman–Crippen LogP) is 7.97. The summed E-state index contributed by atoms with van der Waals surface area (Å²) < 4.78 is 8.00. The third kappa shape index (κ3) is 5.73. The summed E-state index contributed by atoms with van der Waals surface area (Å²) in [4.78, 5) is 13.1. The Hall–Kier alpha value is -5.60. The molecule has 0 aliphatic rings. The summed E-state index contributed by atoms with van der Waals surface area (Å²) in [7, 11) is 0. The first-order chi connectivity index (χ1) is 20.2. The van der Waals surface area contributed by atoms with E-state index in [1.54, 1.807) is 30.3 Å². The summed E-state index contributed by atoms with van der Waals surface area (Å²) in [6, 6.07) is 41.9. The molecule has 0 bridgehead atoms. The minimum atomic E-state index is -0.462. The number of hydrogen-bond acceptors (Lipinski definition) is 3. The first kappa shape index (κ1) is 25.7. The average molecular weight is 534 g/mol. The number of amides is 1. The van der Waals surface area contributed by atoms with Gasteiger partial charge in [0.15, 0.2) is 0 Å². The van der Waals surface area contributed by atoms with Gasteiger partial charge < -0.3 is 14.6 Å². The summed E-state index contributed by atoms with van der Waals surface area (Å²) in [5.74, 6) is 0.234. The second-order valence-corrected chi connectivity index (χ2v) is 9.79. The molecule has 5 heteroatoms. The smallest absolute Gasteiger partial charge is 0.266 e. The molecule has 0 aliphatic carbocycles. The number of hydrogen-bond donors (Lipinski definition) is 1. The van der Waals surface area contributed by atoms with Crippen LogP contribution in [0.25, 0.3) is 27.8 Å². The maximum atomic E-state index is 13.1. The highest BCUT2D eigenvalue weighted by Gasteiger charge is 2.14. The van der Waals surface area contributed by atoms with E-state index in [1.807, 2.05) is 60.8 Å². The summed E-state index contributed by atoms with van der Waals surface area (Å²) in [6.07, 6.45) is 3.67. The lowest BCUT2D eigenvalue weighted by molar-refractivity contribution is -0.112. The third-order valence-electron chi connectivity index (χ3n) is 7.07. The number of benzene rings is 5. The molecule has 1 heterocycles. The molecule has 198 valence electrons. The molecule has 6 aromatic rings. The number of nitriles is 1. The highest BCUT2D eigenvalue weighted by molar-refractivity contribution is 6.10. The molecule has 41 heavy (non-hydrogen) atoms. The first-order valence-electron chi connectivity index (χ1n) is 13.4. The first-order valence-corrected chi connectivity index (χ1v) is 13.4. The number of anilines is 1. The minimum absolute atomic E-state index is 0.0301. The van der Waals surface area contributed by atoms with Gasteiger partial charge in [0, 0.05) is 34.9 Å². The average Bonchev–Trinajstić information content (AvgIpc) is 3.37. The summed E-state index contributed by atoms with van der Waals surface area (Å²) in [5, 5.41) is 16.1. The van der Waals surface area contributed by atoms with Crippen molar-refractivity contribution >= 4 is 39.3 Å². The van der Waals surface area contributed by atoms with Crippen LogP contribution in [0.15, 0.2) is 133 Å². The molecule has 1 amide bonds. The molecule has 1 aromatic heterocycles. The van der Waals surface area contributed by atoms with Crippen molar-refractivity contribution in [3.8, 4) is 11.8 Å². The highest BCUT2D eigenvalue weighted by atomic mass is 16.5. The zero-order valence-corrected chi connectivity index (χ0v) is 22.3. The zero-order chi connectivity index (χ0) is 28.0. The Balaban J connectivity index is 1.21. The Morgan fingerprint density at radius 1 is 0.805 bits per heavy atom. The molecule has 1 N–H and O–H groups in total. The van der Waals surface area contributed by atoms with E-state index in [2.05, 4.69) is 58.4 Å². The second kappa shape index (κ2) is 11.6. The number of carbonyl (C=O) groups excluding carboxylic acids is 1. The van der Waals surface area contributed by atoms with E-state index in [1.165, 1.54) is 16.3 Å². The van der Waals surface area contributed by atoms with E-state index >= 15 is 0 Å². The van der Waals surface area contributed by atoms with Crippen LogP contribution in [-0.4, -0.2) is 10.5 Å². The Labute approximate surface area is 238 Å². The third-order valence-corrected chi connectivity index (χ3v) is 7.07. The SMILES string of the molecule is N#C/C(=C\c1cn(Cc2cccc3ccccc23)c2ccccc12)C(=O)Nc1ccc(OCc2ccccc2)cc1. The number of aromatic nitrogens is 1. The molecule has 0 fully saturated rings. The number of nitrogens with zero attached hydrogens (tertiary/aromatic N) is 2. The lowest BCUT2D eigenvalue weighted by Gasteiger charge is -2.09. The van der Waals surface area contributed by atoms with Crippen molar-refractivity contribution < 1.29 is 9.53 Å². The van der Waals surface area contributed by atoms with Gasteiger partial charge in [0.25, 0.3) is 5.91 Å². The quantitative estimate of drug-likeness (QED) is 0.159. The van der Waals surface area contributed by atoms with E-state index in [0.29, 0.717) is 24.6 Å². The molecule has 0 atom stereocenters. The van der Waals surface area contributed by atoms with Gasteiger partial charge in [0.2, 0.25) is 0 Å². The monoisotopic (exact) mass is 533 g/mol. The maximum absolute atomic E-state index is 13.1. The summed E-state index contributed by atoms with van der Waals surface area (Å²) in [5.41, 5.74) is 4.75. The Morgan fingerprint density at radius 2 is 1.51 bits per heavy atom. The maximum Gasteiger partial charge on any atom is 0.266 e. The van der Waals surface area contributed by atoms with Crippen molar-refractivity contribution in [2.24, 2.45) is 0 Å². The minimum Gasteiger partial charge on any atom is -0.489 e. The van der Waals surface area contributed by atoms with E-state index in [0.717, 1.165) is 22.0 Å². The van der Waals surface area contributed by atoms with Crippen LogP contribution in [0.1, 0.15) is 16.7 Å². The fourth-order valence-corrected chi connectivity index (χ4v) is 5.01. The van der Waals surface area contributed by atoms with Crippen molar-refractivity contribution in [1.82, 2.24) is 4.57 Å².